The predicted molar refractivity (Wildman–Crippen MR) is 78.6 cm³/mol. The number of carbonyl (C=O) groups excluding carboxylic acids is 1. The lowest BCUT2D eigenvalue weighted by Gasteiger charge is -2.31. The SMILES string of the molecule is CC1CCc2cc3c(c(CC=O)c2C1)CC(C)CC3. The summed E-state index contributed by atoms with van der Waals surface area (Å²) < 4.78 is 0. The maximum absolute atomic E-state index is 11.1. The van der Waals surface area contributed by atoms with Crippen LogP contribution >= 0.6 is 0 Å². The van der Waals surface area contributed by atoms with Gasteiger partial charge in [0.25, 0.3) is 0 Å². The lowest BCUT2D eigenvalue weighted by atomic mass is 9.74. The van der Waals surface area contributed by atoms with Crippen molar-refractivity contribution in [3.63, 3.8) is 0 Å². The van der Waals surface area contributed by atoms with Crippen molar-refractivity contribution in [2.24, 2.45) is 11.8 Å². The van der Waals surface area contributed by atoms with Crippen molar-refractivity contribution in [3.05, 3.63) is 33.9 Å². The molecule has 0 bridgehead atoms. The van der Waals surface area contributed by atoms with E-state index in [-0.39, 0.29) is 0 Å². The fraction of sp³-hybridized carbons (Fsp3) is 0.611. The molecule has 19 heavy (non-hydrogen) atoms. The first-order valence-corrected chi connectivity index (χ1v) is 7.78. The standard InChI is InChI=1S/C18H24O/c1-12-3-5-14-11-15-6-4-13(2)10-18(15)16(7-8-19)17(14)9-12/h8,11-13H,3-7,9-10H2,1-2H3. The number of carbonyl (C=O) groups is 1. The fourth-order valence-corrected chi connectivity index (χ4v) is 3.94. The van der Waals surface area contributed by atoms with Crippen molar-refractivity contribution in [2.75, 3.05) is 0 Å². The molecule has 0 amide bonds. The molecule has 1 nitrogen and oxygen atoms in total. The minimum atomic E-state index is 0.630. The lowest BCUT2D eigenvalue weighted by Crippen LogP contribution is -2.21. The molecule has 2 atom stereocenters. The summed E-state index contributed by atoms with van der Waals surface area (Å²) in [6.45, 7) is 4.69. The van der Waals surface area contributed by atoms with Gasteiger partial charge in [0, 0.05) is 6.42 Å². The van der Waals surface area contributed by atoms with Crippen molar-refractivity contribution in [1.29, 1.82) is 0 Å². The zero-order valence-electron chi connectivity index (χ0n) is 12.2. The molecule has 0 aliphatic heterocycles. The van der Waals surface area contributed by atoms with Crippen LogP contribution in [0.25, 0.3) is 0 Å². The Labute approximate surface area is 116 Å². The molecule has 0 saturated carbocycles. The third-order valence-electron chi connectivity index (χ3n) is 5.06. The van der Waals surface area contributed by atoms with Crippen LogP contribution in [-0.4, -0.2) is 6.29 Å². The molecule has 1 heteroatoms. The molecule has 0 spiro atoms. The van der Waals surface area contributed by atoms with Gasteiger partial charge in [-0.3, -0.25) is 0 Å². The maximum atomic E-state index is 11.1. The second-order valence-electron chi connectivity index (χ2n) is 6.70. The Morgan fingerprint density at radius 3 is 2.05 bits per heavy atom. The van der Waals surface area contributed by atoms with E-state index in [1.165, 1.54) is 55.2 Å². The first-order valence-electron chi connectivity index (χ1n) is 7.78. The normalized spacial score (nSPS) is 25.6. The molecule has 1 aromatic rings. The number of aryl methyl sites for hydroxylation is 2. The van der Waals surface area contributed by atoms with E-state index >= 15 is 0 Å². The summed E-state index contributed by atoms with van der Waals surface area (Å²) in [7, 11) is 0. The van der Waals surface area contributed by atoms with E-state index in [0.717, 1.165) is 18.1 Å². The Kier molecular flexibility index (Phi) is 3.47. The van der Waals surface area contributed by atoms with Crippen LogP contribution in [0, 0.1) is 11.8 Å². The van der Waals surface area contributed by atoms with E-state index in [1.54, 1.807) is 11.1 Å². The molecule has 2 unspecified atom stereocenters. The molecule has 0 heterocycles. The quantitative estimate of drug-likeness (QED) is 0.738. The van der Waals surface area contributed by atoms with Crippen molar-refractivity contribution >= 4 is 6.29 Å². The summed E-state index contributed by atoms with van der Waals surface area (Å²) in [5.74, 6) is 1.55. The van der Waals surface area contributed by atoms with Gasteiger partial charge in [-0.15, -0.1) is 0 Å². The number of fused-ring (bicyclic) bond motifs is 2. The van der Waals surface area contributed by atoms with Crippen molar-refractivity contribution in [3.8, 4) is 0 Å². The van der Waals surface area contributed by atoms with E-state index in [1.807, 2.05) is 0 Å². The first kappa shape index (κ1) is 12.9. The molecule has 2 aliphatic rings. The highest BCUT2D eigenvalue weighted by Gasteiger charge is 2.25. The lowest BCUT2D eigenvalue weighted by molar-refractivity contribution is -0.107. The average molecular weight is 256 g/mol. The first-order chi connectivity index (χ1) is 9.19. The largest absolute Gasteiger partial charge is 0.303 e. The zero-order chi connectivity index (χ0) is 13.4. The average Bonchev–Trinajstić information content (AvgIpc) is 2.40. The Bertz CT molecular complexity index is 463. The van der Waals surface area contributed by atoms with Gasteiger partial charge in [0.2, 0.25) is 0 Å². The molecule has 0 aromatic heterocycles. The van der Waals surface area contributed by atoms with Crippen LogP contribution < -0.4 is 0 Å². The fourth-order valence-electron chi connectivity index (χ4n) is 3.94. The Morgan fingerprint density at radius 2 is 1.58 bits per heavy atom. The third kappa shape index (κ3) is 2.35. The summed E-state index contributed by atoms with van der Waals surface area (Å²) in [6, 6.07) is 2.47. The zero-order valence-corrected chi connectivity index (χ0v) is 12.2. The van der Waals surface area contributed by atoms with Gasteiger partial charge < -0.3 is 4.79 Å². The van der Waals surface area contributed by atoms with Gasteiger partial charge in [-0.25, -0.2) is 0 Å². The summed E-state index contributed by atoms with van der Waals surface area (Å²) in [5, 5.41) is 0. The molecule has 1 aromatic carbocycles. The van der Waals surface area contributed by atoms with Crippen LogP contribution in [0.3, 0.4) is 0 Å². The van der Waals surface area contributed by atoms with Gasteiger partial charge in [0.15, 0.2) is 0 Å². The van der Waals surface area contributed by atoms with E-state index in [0.29, 0.717) is 6.42 Å². The van der Waals surface area contributed by atoms with Crippen LogP contribution in [-0.2, 0) is 36.9 Å². The number of aldehydes is 1. The summed E-state index contributed by atoms with van der Waals surface area (Å²) in [6.07, 6.45) is 9.14. The molecular formula is C18H24O. The minimum Gasteiger partial charge on any atom is -0.303 e. The molecule has 0 radical (unpaired) electrons. The summed E-state index contributed by atoms with van der Waals surface area (Å²) in [5.41, 5.74) is 7.55. The monoisotopic (exact) mass is 256 g/mol. The molecule has 3 rings (SSSR count). The maximum Gasteiger partial charge on any atom is 0.124 e. The Balaban J connectivity index is 2.12. The second-order valence-corrected chi connectivity index (χ2v) is 6.70. The molecule has 0 fully saturated rings. The van der Waals surface area contributed by atoms with E-state index in [2.05, 4.69) is 19.9 Å². The smallest absolute Gasteiger partial charge is 0.124 e. The topological polar surface area (TPSA) is 17.1 Å². The molecular weight excluding hydrogens is 232 g/mol. The van der Waals surface area contributed by atoms with Crippen LogP contribution in [0.4, 0.5) is 0 Å². The summed E-state index contributed by atoms with van der Waals surface area (Å²) >= 11 is 0. The minimum absolute atomic E-state index is 0.630. The van der Waals surface area contributed by atoms with E-state index in [4.69, 9.17) is 0 Å². The molecule has 102 valence electrons. The van der Waals surface area contributed by atoms with Crippen molar-refractivity contribution < 1.29 is 4.79 Å². The van der Waals surface area contributed by atoms with Crippen LogP contribution in [0.1, 0.15) is 54.5 Å². The van der Waals surface area contributed by atoms with Gasteiger partial charge in [0.1, 0.15) is 6.29 Å². The third-order valence-corrected chi connectivity index (χ3v) is 5.06. The number of benzene rings is 1. The van der Waals surface area contributed by atoms with Crippen molar-refractivity contribution in [1.82, 2.24) is 0 Å². The Morgan fingerprint density at radius 1 is 1.05 bits per heavy atom. The van der Waals surface area contributed by atoms with Crippen LogP contribution in [0.2, 0.25) is 0 Å². The number of hydrogen-bond acceptors (Lipinski definition) is 1. The van der Waals surface area contributed by atoms with Gasteiger partial charge in [-0.05, 0) is 78.2 Å². The predicted octanol–water partition coefficient (Wildman–Crippen LogP) is 3.68. The second kappa shape index (κ2) is 5.11. The number of hydrogen-bond donors (Lipinski definition) is 0. The van der Waals surface area contributed by atoms with Gasteiger partial charge in [0.05, 0.1) is 0 Å². The van der Waals surface area contributed by atoms with Gasteiger partial charge in [-0.2, -0.15) is 0 Å². The number of rotatable bonds is 2. The van der Waals surface area contributed by atoms with Crippen LogP contribution in [0.15, 0.2) is 6.07 Å². The van der Waals surface area contributed by atoms with Crippen LogP contribution in [0.5, 0.6) is 0 Å². The van der Waals surface area contributed by atoms with Crippen molar-refractivity contribution in [2.45, 2.75) is 58.8 Å². The van der Waals surface area contributed by atoms with E-state index in [9.17, 15) is 4.79 Å². The highest BCUT2D eigenvalue weighted by atomic mass is 16.1. The summed E-state index contributed by atoms with van der Waals surface area (Å²) in [4.78, 5) is 11.1. The highest BCUT2D eigenvalue weighted by molar-refractivity contribution is 5.61. The molecule has 2 aliphatic carbocycles. The molecule has 0 saturated heterocycles. The highest BCUT2D eigenvalue weighted by Crippen LogP contribution is 2.36. The van der Waals surface area contributed by atoms with Gasteiger partial charge >= 0.3 is 0 Å². The van der Waals surface area contributed by atoms with E-state index < -0.39 is 0 Å². The van der Waals surface area contributed by atoms with Gasteiger partial charge in [-0.1, -0.05) is 19.9 Å². The molecule has 0 N–H and O–H groups in total. The Hall–Kier alpha value is -1.11.